The predicted molar refractivity (Wildman–Crippen MR) is 118 cm³/mol. The summed E-state index contributed by atoms with van der Waals surface area (Å²) in [6, 6.07) is 13.4. The van der Waals surface area contributed by atoms with Crippen molar-refractivity contribution in [2.75, 3.05) is 7.11 Å². The summed E-state index contributed by atoms with van der Waals surface area (Å²) in [5.74, 6) is 1.24. The molecule has 0 aromatic heterocycles. The second kappa shape index (κ2) is 8.12. The number of benzene rings is 3. The van der Waals surface area contributed by atoms with Gasteiger partial charge in [0.25, 0.3) is 0 Å². The normalized spacial score (nSPS) is 10.7. The van der Waals surface area contributed by atoms with E-state index in [1.165, 1.54) is 11.1 Å². The van der Waals surface area contributed by atoms with Crippen molar-refractivity contribution in [3.63, 3.8) is 0 Å². The first-order valence-corrected chi connectivity index (χ1v) is 9.79. The Kier molecular flexibility index (Phi) is 5.78. The summed E-state index contributed by atoms with van der Waals surface area (Å²) in [6.07, 6.45) is 0. The van der Waals surface area contributed by atoms with E-state index in [0.29, 0.717) is 11.3 Å². The van der Waals surface area contributed by atoms with Gasteiger partial charge in [0.1, 0.15) is 11.5 Å². The average molecular weight is 389 g/mol. The number of rotatable bonds is 4. The molecule has 0 amide bonds. The highest BCUT2D eigenvalue weighted by Crippen LogP contribution is 2.39. The van der Waals surface area contributed by atoms with E-state index in [4.69, 9.17) is 9.47 Å². The smallest absolute Gasteiger partial charge is 0.343 e. The van der Waals surface area contributed by atoms with E-state index < -0.39 is 0 Å². The number of ether oxygens (including phenoxy) is 2. The van der Waals surface area contributed by atoms with Crippen molar-refractivity contribution in [2.24, 2.45) is 0 Å². The molecule has 3 nitrogen and oxygen atoms in total. The van der Waals surface area contributed by atoms with Crippen LogP contribution in [0.5, 0.6) is 11.5 Å². The molecule has 0 fully saturated rings. The van der Waals surface area contributed by atoms with E-state index in [0.717, 1.165) is 39.1 Å². The van der Waals surface area contributed by atoms with E-state index in [9.17, 15) is 4.79 Å². The summed E-state index contributed by atoms with van der Waals surface area (Å²) in [4.78, 5) is 12.6. The van der Waals surface area contributed by atoms with Crippen LogP contribution in [0, 0.1) is 41.5 Å². The Balaban J connectivity index is 2.08. The zero-order valence-electron chi connectivity index (χ0n) is 18.3. The Bertz CT molecular complexity index is 1080. The van der Waals surface area contributed by atoms with Crippen LogP contribution in [-0.2, 0) is 0 Å². The first-order chi connectivity index (χ1) is 13.8. The van der Waals surface area contributed by atoms with Gasteiger partial charge in [0, 0.05) is 0 Å². The molecule has 0 heterocycles. The summed E-state index contributed by atoms with van der Waals surface area (Å²) < 4.78 is 11.4. The maximum absolute atomic E-state index is 12.6. The highest BCUT2D eigenvalue weighted by atomic mass is 16.5. The number of aryl methyl sites for hydroxylation is 2. The minimum atomic E-state index is -0.337. The van der Waals surface area contributed by atoms with Gasteiger partial charge in [0.05, 0.1) is 12.7 Å². The van der Waals surface area contributed by atoms with Crippen molar-refractivity contribution >= 4 is 5.97 Å². The van der Waals surface area contributed by atoms with Gasteiger partial charge in [-0.1, -0.05) is 18.2 Å². The quantitative estimate of drug-likeness (QED) is 0.381. The van der Waals surface area contributed by atoms with Crippen molar-refractivity contribution in [3.05, 3.63) is 81.4 Å². The first kappa shape index (κ1) is 20.7. The molecule has 3 aromatic rings. The lowest BCUT2D eigenvalue weighted by Gasteiger charge is -2.20. The Morgan fingerprint density at radius 1 is 0.690 bits per heavy atom. The third-order valence-corrected chi connectivity index (χ3v) is 5.75. The molecular weight excluding hydrogens is 360 g/mol. The van der Waals surface area contributed by atoms with Crippen LogP contribution in [-0.4, -0.2) is 13.1 Å². The molecule has 3 heteroatoms. The molecule has 0 aliphatic rings. The topological polar surface area (TPSA) is 35.5 Å². The van der Waals surface area contributed by atoms with Crippen molar-refractivity contribution in [1.82, 2.24) is 0 Å². The van der Waals surface area contributed by atoms with Gasteiger partial charge in [-0.05, 0) is 110 Å². The van der Waals surface area contributed by atoms with Gasteiger partial charge in [-0.25, -0.2) is 4.79 Å². The van der Waals surface area contributed by atoms with Crippen molar-refractivity contribution < 1.29 is 14.3 Å². The fourth-order valence-corrected chi connectivity index (χ4v) is 3.87. The molecular formula is C26H28O3. The third-order valence-electron chi connectivity index (χ3n) is 5.75. The molecule has 150 valence electrons. The number of hydrogen-bond acceptors (Lipinski definition) is 3. The van der Waals surface area contributed by atoms with E-state index in [2.05, 4.69) is 39.8 Å². The molecule has 3 rings (SSSR count). The highest BCUT2D eigenvalue weighted by Gasteiger charge is 2.19. The van der Waals surface area contributed by atoms with E-state index in [-0.39, 0.29) is 5.97 Å². The van der Waals surface area contributed by atoms with Crippen molar-refractivity contribution in [3.8, 4) is 22.6 Å². The van der Waals surface area contributed by atoms with Gasteiger partial charge in [-0.15, -0.1) is 0 Å². The van der Waals surface area contributed by atoms with Gasteiger partial charge < -0.3 is 9.47 Å². The molecule has 0 radical (unpaired) electrons. The van der Waals surface area contributed by atoms with E-state index in [1.54, 1.807) is 19.2 Å². The lowest BCUT2D eigenvalue weighted by Crippen LogP contribution is -2.11. The summed E-state index contributed by atoms with van der Waals surface area (Å²) in [5, 5.41) is 0. The zero-order chi connectivity index (χ0) is 21.3. The van der Waals surface area contributed by atoms with Crippen LogP contribution in [0.15, 0.2) is 42.5 Å². The average Bonchev–Trinajstić information content (AvgIpc) is 2.71. The van der Waals surface area contributed by atoms with Crippen LogP contribution in [0.2, 0.25) is 0 Å². The standard InChI is InChI=1S/C26H28O3/c1-15-13-22(17(3)19(5)24(15)28-7)23-14-16(2)25(20(6)18(23)4)29-26(27)21-11-9-8-10-12-21/h8-14H,1-7H3. The number of carbonyl (C=O) groups excluding carboxylic acids is 1. The monoisotopic (exact) mass is 388 g/mol. The van der Waals surface area contributed by atoms with Gasteiger partial charge in [0.2, 0.25) is 0 Å². The summed E-state index contributed by atoms with van der Waals surface area (Å²) in [7, 11) is 1.71. The second-order valence-electron chi connectivity index (χ2n) is 7.60. The molecule has 0 saturated carbocycles. The lowest BCUT2D eigenvalue weighted by molar-refractivity contribution is 0.0732. The summed E-state index contributed by atoms with van der Waals surface area (Å²) in [5.41, 5.74) is 9.38. The Hall–Kier alpha value is -3.07. The Morgan fingerprint density at radius 3 is 1.69 bits per heavy atom. The fraction of sp³-hybridized carbons (Fsp3) is 0.269. The van der Waals surface area contributed by atoms with E-state index in [1.807, 2.05) is 32.0 Å². The number of methoxy groups -OCH3 is 1. The Morgan fingerprint density at radius 2 is 1.17 bits per heavy atom. The largest absolute Gasteiger partial charge is 0.496 e. The van der Waals surface area contributed by atoms with Crippen LogP contribution in [0.4, 0.5) is 0 Å². The van der Waals surface area contributed by atoms with Crippen LogP contribution in [0.25, 0.3) is 11.1 Å². The molecule has 29 heavy (non-hydrogen) atoms. The fourth-order valence-electron chi connectivity index (χ4n) is 3.87. The zero-order valence-corrected chi connectivity index (χ0v) is 18.3. The lowest BCUT2D eigenvalue weighted by atomic mass is 9.88. The summed E-state index contributed by atoms with van der Waals surface area (Å²) >= 11 is 0. The molecule has 0 aliphatic heterocycles. The molecule has 0 unspecified atom stereocenters. The molecule has 0 bridgehead atoms. The van der Waals surface area contributed by atoms with Crippen LogP contribution in [0.1, 0.15) is 43.7 Å². The maximum Gasteiger partial charge on any atom is 0.343 e. The van der Waals surface area contributed by atoms with Crippen LogP contribution in [0.3, 0.4) is 0 Å². The highest BCUT2D eigenvalue weighted by molar-refractivity contribution is 5.91. The molecule has 0 aliphatic carbocycles. The van der Waals surface area contributed by atoms with Gasteiger partial charge >= 0.3 is 5.97 Å². The Labute approximate surface area is 173 Å². The number of carbonyl (C=O) groups is 1. The van der Waals surface area contributed by atoms with E-state index >= 15 is 0 Å². The van der Waals surface area contributed by atoms with Crippen LogP contribution >= 0.6 is 0 Å². The molecule has 0 saturated heterocycles. The summed E-state index contributed by atoms with van der Waals surface area (Å²) in [6.45, 7) is 12.4. The van der Waals surface area contributed by atoms with Crippen LogP contribution < -0.4 is 9.47 Å². The van der Waals surface area contributed by atoms with Gasteiger partial charge in [0.15, 0.2) is 0 Å². The van der Waals surface area contributed by atoms with Gasteiger partial charge in [-0.3, -0.25) is 0 Å². The van der Waals surface area contributed by atoms with Crippen molar-refractivity contribution in [2.45, 2.75) is 41.5 Å². The predicted octanol–water partition coefficient (Wildman–Crippen LogP) is 6.43. The molecule has 0 spiro atoms. The molecule has 0 N–H and O–H groups in total. The van der Waals surface area contributed by atoms with Gasteiger partial charge in [-0.2, -0.15) is 0 Å². The first-order valence-electron chi connectivity index (χ1n) is 9.79. The third kappa shape index (κ3) is 3.77. The minimum absolute atomic E-state index is 0.337. The number of hydrogen-bond donors (Lipinski definition) is 0. The minimum Gasteiger partial charge on any atom is -0.496 e. The molecule has 0 atom stereocenters. The molecule has 3 aromatic carbocycles. The maximum atomic E-state index is 12.6. The second-order valence-corrected chi connectivity index (χ2v) is 7.60. The SMILES string of the molecule is COc1c(C)cc(-c2cc(C)c(OC(=O)c3ccccc3)c(C)c2C)c(C)c1C. The number of esters is 1. The van der Waals surface area contributed by atoms with Crippen molar-refractivity contribution in [1.29, 1.82) is 0 Å².